The second-order valence-electron chi connectivity index (χ2n) is 6.70. The van der Waals surface area contributed by atoms with Gasteiger partial charge in [-0.3, -0.25) is 4.79 Å². The Morgan fingerprint density at radius 1 is 1.20 bits per heavy atom. The average Bonchev–Trinajstić information content (AvgIpc) is 2.96. The fraction of sp³-hybridized carbons (Fsp3) is 0.400. The van der Waals surface area contributed by atoms with Crippen molar-refractivity contribution in [3.63, 3.8) is 0 Å². The smallest absolute Gasteiger partial charge is 0.221 e. The van der Waals surface area contributed by atoms with Crippen molar-refractivity contribution in [3.05, 3.63) is 58.3 Å². The number of primary amides is 1. The van der Waals surface area contributed by atoms with Gasteiger partial charge in [-0.05, 0) is 61.8 Å². The first-order chi connectivity index (χ1) is 11.5. The van der Waals surface area contributed by atoms with E-state index in [4.69, 9.17) is 10.5 Å². The highest BCUT2D eigenvalue weighted by molar-refractivity contribution is 5.85. The summed E-state index contributed by atoms with van der Waals surface area (Å²) in [6.45, 7) is 4.04. The molecular weight excluding hydrogens is 336 g/mol. The van der Waals surface area contributed by atoms with E-state index in [-0.39, 0.29) is 30.8 Å². The molecule has 0 aliphatic heterocycles. The van der Waals surface area contributed by atoms with Crippen LogP contribution >= 0.6 is 12.4 Å². The number of ether oxygens (including phenoxy) is 1. The van der Waals surface area contributed by atoms with Gasteiger partial charge in [-0.1, -0.05) is 24.3 Å². The van der Waals surface area contributed by atoms with E-state index < -0.39 is 0 Å². The summed E-state index contributed by atoms with van der Waals surface area (Å²) in [5.41, 5.74) is 11.3. The first kappa shape index (κ1) is 19.3. The molecule has 4 nitrogen and oxygen atoms in total. The number of amides is 1. The third-order valence-corrected chi connectivity index (χ3v) is 4.27. The Morgan fingerprint density at radius 3 is 2.52 bits per heavy atom. The maximum atomic E-state index is 11.0. The molecule has 3 rings (SSSR count). The molecule has 134 valence electrons. The number of nitrogens with two attached hydrogens (primary N) is 1. The number of hydrogen-bond acceptors (Lipinski definition) is 3. The molecule has 2 N–H and O–H groups in total. The molecule has 1 heterocycles. The summed E-state index contributed by atoms with van der Waals surface area (Å²) < 4.78 is 5.82. The molecule has 0 saturated heterocycles. The van der Waals surface area contributed by atoms with Gasteiger partial charge in [0.1, 0.15) is 0 Å². The third kappa shape index (κ3) is 4.95. The van der Waals surface area contributed by atoms with Gasteiger partial charge in [0.05, 0.1) is 12.5 Å². The van der Waals surface area contributed by atoms with Gasteiger partial charge in [-0.15, -0.1) is 12.4 Å². The number of rotatable bonds is 6. The fourth-order valence-electron chi connectivity index (χ4n) is 3.25. The summed E-state index contributed by atoms with van der Waals surface area (Å²) in [6.07, 6.45) is 4.57. The molecular formula is C20H25ClN2O2. The predicted molar refractivity (Wildman–Crippen MR) is 101 cm³/mol. The van der Waals surface area contributed by atoms with Crippen LogP contribution in [0.15, 0.2) is 30.3 Å². The molecule has 1 aromatic carbocycles. The number of halogens is 1. The van der Waals surface area contributed by atoms with Gasteiger partial charge >= 0.3 is 0 Å². The predicted octanol–water partition coefficient (Wildman–Crippen LogP) is 3.40. The molecule has 0 saturated carbocycles. The van der Waals surface area contributed by atoms with Crippen LogP contribution in [0.3, 0.4) is 0 Å². The van der Waals surface area contributed by atoms with Crippen molar-refractivity contribution < 1.29 is 9.53 Å². The highest BCUT2D eigenvalue weighted by atomic mass is 35.5. The third-order valence-electron chi connectivity index (χ3n) is 4.27. The van der Waals surface area contributed by atoms with E-state index in [1.54, 1.807) is 0 Å². The summed E-state index contributed by atoms with van der Waals surface area (Å²) >= 11 is 0. The normalized spacial score (nSPS) is 12.6. The van der Waals surface area contributed by atoms with Gasteiger partial charge in [0.25, 0.3) is 0 Å². The van der Waals surface area contributed by atoms with Crippen LogP contribution in [0.25, 0.3) is 0 Å². The number of aryl methyl sites for hydroxylation is 1. The molecule has 2 aromatic rings. The Morgan fingerprint density at radius 2 is 1.88 bits per heavy atom. The lowest BCUT2D eigenvalue weighted by Crippen LogP contribution is -2.13. The largest absolute Gasteiger partial charge is 0.475 e. The molecule has 1 aliphatic carbocycles. The molecule has 1 aromatic heterocycles. The summed E-state index contributed by atoms with van der Waals surface area (Å²) in [7, 11) is 0. The van der Waals surface area contributed by atoms with Gasteiger partial charge in [0.2, 0.25) is 11.8 Å². The lowest BCUT2D eigenvalue weighted by atomic mass is 9.98. The van der Waals surface area contributed by atoms with E-state index in [0.29, 0.717) is 0 Å². The van der Waals surface area contributed by atoms with E-state index in [2.05, 4.69) is 23.2 Å². The van der Waals surface area contributed by atoms with E-state index >= 15 is 0 Å². The Hall–Kier alpha value is -2.07. The summed E-state index contributed by atoms with van der Waals surface area (Å²) in [4.78, 5) is 15.7. The highest BCUT2D eigenvalue weighted by Gasteiger charge is 2.19. The highest BCUT2D eigenvalue weighted by Crippen LogP contribution is 2.29. The molecule has 5 heteroatoms. The van der Waals surface area contributed by atoms with Crippen LogP contribution in [0.5, 0.6) is 5.88 Å². The van der Waals surface area contributed by atoms with E-state index in [9.17, 15) is 4.79 Å². The van der Waals surface area contributed by atoms with E-state index in [0.717, 1.165) is 37.1 Å². The van der Waals surface area contributed by atoms with Crippen molar-refractivity contribution in [3.8, 4) is 5.88 Å². The van der Waals surface area contributed by atoms with Gasteiger partial charge < -0.3 is 10.5 Å². The lowest BCUT2D eigenvalue weighted by molar-refractivity contribution is -0.117. The van der Waals surface area contributed by atoms with E-state index in [1.807, 2.05) is 26.0 Å². The zero-order valence-corrected chi connectivity index (χ0v) is 15.6. The summed E-state index contributed by atoms with van der Waals surface area (Å²) in [5, 5.41) is 0. The molecule has 1 aliphatic rings. The maximum Gasteiger partial charge on any atom is 0.221 e. The van der Waals surface area contributed by atoms with Gasteiger partial charge in [0.15, 0.2) is 0 Å². The number of benzene rings is 1. The van der Waals surface area contributed by atoms with Crippen LogP contribution in [0.4, 0.5) is 0 Å². The number of nitrogens with zero attached hydrogens (tertiary/aromatic N) is 1. The number of carbonyl (C=O) groups excluding carboxylic acids is 1. The first-order valence-corrected chi connectivity index (χ1v) is 8.55. The Balaban J connectivity index is 0.00000225. The van der Waals surface area contributed by atoms with Gasteiger partial charge in [-0.25, -0.2) is 4.98 Å². The van der Waals surface area contributed by atoms with Crippen molar-refractivity contribution >= 4 is 18.3 Å². The lowest BCUT2D eigenvalue weighted by Gasteiger charge is -2.14. The van der Waals surface area contributed by atoms with Crippen LogP contribution in [-0.2, 0) is 30.5 Å². The van der Waals surface area contributed by atoms with Crippen LogP contribution in [-0.4, -0.2) is 17.0 Å². The molecule has 0 radical (unpaired) electrons. The number of carbonyl (C=O) groups is 1. The first-order valence-electron chi connectivity index (χ1n) is 8.55. The van der Waals surface area contributed by atoms with Crippen LogP contribution < -0.4 is 10.5 Å². The van der Waals surface area contributed by atoms with Gasteiger partial charge in [0, 0.05) is 11.8 Å². The van der Waals surface area contributed by atoms with Crippen LogP contribution in [0, 0.1) is 0 Å². The second-order valence-corrected chi connectivity index (χ2v) is 6.70. The molecule has 0 spiro atoms. The number of fused-ring (bicyclic) bond motifs is 1. The van der Waals surface area contributed by atoms with E-state index in [1.165, 1.54) is 22.4 Å². The minimum absolute atomic E-state index is 0. The molecule has 0 unspecified atom stereocenters. The number of aromatic nitrogens is 1. The average molecular weight is 361 g/mol. The van der Waals surface area contributed by atoms with Crippen molar-refractivity contribution in [2.24, 2.45) is 5.73 Å². The SMILES string of the molecule is CC(C)Oc1cc(Cc2ccc(CC(N)=O)cc2)c2c(n1)CCC2.Cl. The number of pyridine rings is 1. The zero-order chi connectivity index (χ0) is 17.1. The molecule has 25 heavy (non-hydrogen) atoms. The minimum atomic E-state index is -0.301. The standard InChI is InChI=1S/C20H24N2O2.ClH/c1-13(2)24-20-12-16(17-4-3-5-18(17)22-20)10-14-6-8-15(9-7-14)11-19(21)23;/h6-9,12-13H,3-5,10-11H2,1-2H3,(H2,21,23);1H. The summed E-state index contributed by atoms with van der Waals surface area (Å²) in [5.74, 6) is 0.427. The summed E-state index contributed by atoms with van der Waals surface area (Å²) in [6, 6.07) is 10.2. The van der Waals surface area contributed by atoms with Gasteiger partial charge in [-0.2, -0.15) is 0 Å². The molecule has 1 amide bonds. The monoisotopic (exact) mass is 360 g/mol. The second kappa shape index (κ2) is 8.34. The Kier molecular flexibility index (Phi) is 6.43. The Bertz CT molecular complexity index is 742. The molecule has 0 atom stereocenters. The van der Waals surface area contributed by atoms with Crippen LogP contribution in [0.2, 0.25) is 0 Å². The molecule has 0 bridgehead atoms. The van der Waals surface area contributed by atoms with Crippen molar-refractivity contribution in [2.45, 2.75) is 52.1 Å². The van der Waals surface area contributed by atoms with Crippen LogP contribution in [0.1, 0.15) is 48.2 Å². The Labute approximate surface area is 155 Å². The fourth-order valence-corrected chi connectivity index (χ4v) is 3.25. The topological polar surface area (TPSA) is 65.2 Å². The van der Waals surface area contributed by atoms with Crippen molar-refractivity contribution in [1.82, 2.24) is 4.98 Å². The minimum Gasteiger partial charge on any atom is -0.475 e. The molecule has 0 fully saturated rings. The van der Waals surface area contributed by atoms with Crippen molar-refractivity contribution in [1.29, 1.82) is 0 Å². The van der Waals surface area contributed by atoms with Crippen molar-refractivity contribution in [2.75, 3.05) is 0 Å². The zero-order valence-electron chi connectivity index (χ0n) is 14.7. The maximum absolute atomic E-state index is 11.0. The quantitative estimate of drug-likeness (QED) is 0.858. The number of hydrogen-bond donors (Lipinski definition) is 1.